The van der Waals surface area contributed by atoms with Crippen LogP contribution in [0.3, 0.4) is 0 Å². The molecule has 0 spiro atoms. The molecular weight excluding hydrogens is 430 g/mol. The van der Waals surface area contributed by atoms with Gasteiger partial charge in [-0.1, -0.05) is 30.3 Å². The molecule has 1 aliphatic rings. The van der Waals surface area contributed by atoms with Crippen LogP contribution >= 0.6 is 0 Å². The highest BCUT2D eigenvalue weighted by Gasteiger charge is 2.11. The molecule has 1 aliphatic heterocycles. The molecule has 176 valence electrons. The normalized spacial score (nSPS) is 13.6. The molecule has 0 bridgehead atoms. The minimum absolute atomic E-state index is 0.0218. The van der Waals surface area contributed by atoms with Crippen molar-refractivity contribution in [1.82, 2.24) is 5.32 Å². The van der Waals surface area contributed by atoms with Gasteiger partial charge in [0.15, 0.2) is 11.5 Å². The van der Waals surface area contributed by atoms with E-state index < -0.39 is 0 Å². The van der Waals surface area contributed by atoms with Crippen molar-refractivity contribution in [3.05, 3.63) is 83.9 Å². The molecule has 1 saturated heterocycles. The average molecular weight is 460 g/mol. The van der Waals surface area contributed by atoms with Gasteiger partial charge < -0.3 is 30.1 Å². The molecule has 0 atom stereocenters. The molecule has 0 saturated carbocycles. The lowest BCUT2D eigenvalue weighted by atomic mass is 10.1. The molecule has 7 nitrogen and oxygen atoms in total. The number of carbonyl (C=O) groups is 1. The molecule has 0 aliphatic carbocycles. The number of piperazine rings is 1. The Balaban J connectivity index is 1.38. The molecule has 1 heterocycles. The van der Waals surface area contributed by atoms with Crippen molar-refractivity contribution in [2.24, 2.45) is 0 Å². The summed E-state index contributed by atoms with van der Waals surface area (Å²) in [6.07, 6.45) is 3.06. The fourth-order valence-electron chi connectivity index (χ4n) is 3.78. The molecule has 0 aromatic heterocycles. The topological polar surface area (TPSA) is 83.1 Å². The number of ether oxygens (including phenoxy) is 2. The van der Waals surface area contributed by atoms with Crippen LogP contribution in [0.1, 0.15) is 11.1 Å². The van der Waals surface area contributed by atoms with Gasteiger partial charge in [0.25, 0.3) is 0 Å². The van der Waals surface area contributed by atoms with Gasteiger partial charge in [-0.3, -0.25) is 4.79 Å². The van der Waals surface area contributed by atoms with Crippen molar-refractivity contribution in [1.29, 1.82) is 0 Å². The van der Waals surface area contributed by atoms with Crippen molar-refractivity contribution in [2.45, 2.75) is 6.61 Å². The second-order valence-electron chi connectivity index (χ2n) is 7.93. The summed E-state index contributed by atoms with van der Waals surface area (Å²) >= 11 is 0. The fraction of sp³-hybridized carbons (Fsp3) is 0.222. The van der Waals surface area contributed by atoms with E-state index in [-0.39, 0.29) is 11.7 Å². The Morgan fingerprint density at radius 2 is 1.91 bits per heavy atom. The zero-order valence-electron chi connectivity index (χ0n) is 19.2. The average Bonchev–Trinajstić information content (AvgIpc) is 2.88. The minimum Gasteiger partial charge on any atom is -0.504 e. The summed E-state index contributed by atoms with van der Waals surface area (Å²) < 4.78 is 11.1. The highest BCUT2D eigenvalue weighted by atomic mass is 16.5. The number of nitrogens with zero attached hydrogens (tertiary/aromatic N) is 1. The van der Waals surface area contributed by atoms with Gasteiger partial charge in [0.2, 0.25) is 5.91 Å². The Kier molecular flexibility index (Phi) is 7.67. The Morgan fingerprint density at radius 1 is 1.09 bits per heavy atom. The third-order valence-electron chi connectivity index (χ3n) is 5.60. The number of rotatable bonds is 8. The van der Waals surface area contributed by atoms with E-state index in [1.807, 2.05) is 36.4 Å². The second-order valence-corrected chi connectivity index (χ2v) is 7.93. The van der Waals surface area contributed by atoms with E-state index in [1.54, 1.807) is 24.3 Å². The van der Waals surface area contributed by atoms with Crippen molar-refractivity contribution >= 4 is 23.4 Å². The van der Waals surface area contributed by atoms with Gasteiger partial charge in [-0.15, -0.1) is 0 Å². The fourth-order valence-corrected chi connectivity index (χ4v) is 3.78. The zero-order valence-corrected chi connectivity index (χ0v) is 19.2. The standard InChI is InChI=1S/C27H29N3O4/c1-33-26-11-9-20(17-25(26)31)10-12-27(32)29-24-8-3-2-5-21(24)19-34-23-7-4-6-22(18-23)30-15-13-28-14-16-30/h2-12,17-18,28,31H,13-16,19H2,1H3,(H,29,32). The molecule has 0 radical (unpaired) electrons. The number of anilines is 2. The first-order valence-electron chi connectivity index (χ1n) is 11.2. The number of phenols is 1. The lowest BCUT2D eigenvalue weighted by Crippen LogP contribution is -2.43. The van der Waals surface area contributed by atoms with Gasteiger partial charge >= 0.3 is 0 Å². The summed E-state index contributed by atoms with van der Waals surface area (Å²) in [6, 6.07) is 20.6. The van der Waals surface area contributed by atoms with Crippen molar-refractivity contribution in [2.75, 3.05) is 43.5 Å². The number of hydrogen-bond donors (Lipinski definition) is 3. The summed E-state index contributed by atoms with van der Waals surface area (Å²) in [6.45, 7) is 4.24. The number of phenolic OH excluding ortho intramolecular Hbond substituents is 1. The first-order chi connectivity index (χ1) is 16.6. The third-order valence-corrected chi connectivity index (χ3v) is 5.60. The first kappa shape index (κ1) is 23.2. The number of carbonyl (C=O) groups excluding carboxylic acids is 1. The van der Waals surface area contributed by atoms with Crippen LogP contribution in [0.2, 0.25) is 0 Å². The van der Waals surface area contributed by atoms with E-state index in [1.165, 1.54) is 13.2 Å². The highest BCUT2D eigenvalue weighted by Crippen LogP contribution is 2.27. The lowest BCUT2D eigenvalue weighted by molar-refractivity contribution is -0.111. The van der Waals surface area contributed by atoms with Crippen molar-refractivity contribution in [3.63, 3.8) is 0 Å². The number of benzene rings is 3. The van der Waals surface area contributed by atoms with E-state index in [0.717, 1.165) is 43.2 Å². The van der Waals surface area contributed by atoms with Gasteiger partial charge in [0, 0.05) is 55.3 Å². The number of hydrogen-bond acceptors (Lipinski definition) is 6. The van der Waals surface area contributed by atoms with Gasteiger partial charge in [-0.2, -0.15) is 0 Å². The summed E-state index contributed by atoms with van der Waals surface area (Å²) in [5.41, 5.74) is 3.40. The Labute approximate surface area is 199 Å². The quantitative estimate of drug-likeness (QED) is 0.441. The van der Waals surface area contributed by atoms with Crippen molar-refractivity contribution in [3.8, 4) is 17.2 Å². The lowest BCUT2D eigenvalue weighted by Gasteiger charge is -2.29. The van der Waals surface area contributed by atoms with Gasteiger partial charge in [-0.25, -0.2) is 0 Å². The Hall–Kier alpha value is -3.97. The number of methoxy groups -OCH3 is 1. The van der Waals surface area contributed by atoms with E-state index in [4.69, 9.17) is 9.47 Å². The van der Waals surface area contributed by atoms with Crippen LogP contribution in [0.25, 0.3) is 6.08 Å². The predicted molar refractivity (Wildman–Crippen MR) is 135 cm³/mol. The molecule has 34 heavy (non-hydrogen) atoms. The van der Waals surface area contributed by atoms with E-state index in [2.05, 4.69) is 27.7 Å². The molecule has 3 N–H and O–H groups in total. The molecular formula is C27H29N3O4. The number of amides is 1. The summed E-state index contributed by atoms with van der Waals surface area (Å²) in [5.74, 6) is 0.919. The maximum absolute atomic E-state index is 12.5. The summed E-state index contributed by atoms with van der Waals surface area (Å²) in [5, 5.41) is 16.2. The summed E-state index contributed by atoms with van der Waals surface area (Å²) in [4.78, 5) is 14.8. The van der Waals surface area contributed by atoms with Crippen LogP contribution in [-0.2, 0) is 11.4 Å². The largest absolute Gasteiger partial charge is 0.504 e. The molecule has 1 amide bonds. The second kappa shape index (κ2) is 11.2. The minimum atomic E-state index is -0.275. The Morgan fingerprint density at radius 3 is 2.71 bits per heavy atom. The van der Waals surface area contributed by atoms with Crippen LogP contribution in [0.4, 0.5) is 11.4 Å². The maximum Gasteiger partial charge on any atom is 0.248 e. The van der Waals surface area contributed by atoms with Crippen molar-refractivity contribution < 1.29 is 19.4 Å². The molecule has 4 rings (SSSR count). The first-order valence-corrected chi connectivity index (χ1v) is 11.2. The van der Waals surface area contributed by atoms with Crippen LogP contribution < -0.4 is 25.0 Å². The van der Waals surface area contributed by atoms with Crippen LogP contribution in [0.15, 0.2) is 72.8 Å². The molecule has 0 unspecified atom stereocenters. The monoisotopic (exact) mass is 459 g/mol. The molecule has 3 aromatic carbocycles. The van der Waals surface area contributed by atoms with Crippen LogP contribution in [0, 0.1) is 0 Å². The van der Waals surface area contributed by atoms with Gasteiger partial charge in [0.05, 0.1) is 7.11 Å². The van der Waals surface area contributed by atoms with Gasteiger partial charge in [0.1, 0.15) is 12.4 Å². The highest BCUT2D eigenvalue weighted by molar-refractivity contribution is 6.02. The number of para-hydroxylation sites is 1. The predicted octanol–water partition coefficient (Wildman–Crippen LogP) is 4.04. The molecule has 1 fully saturated rings. The van der Waals surface area contributed by atoms with Gasteiger partial charge in [-0.05, 0) is 42.0 Å². The van der Waals surface area contributed by atoms with Crippen LogP contribution in [0.5, 0.6) is 17.2 Å². The van der Waals surface area contributed by atoms with E-state index in [9.17, 15) is 9.90 Å². The number of nitrogens with one attached hydrogen (secondary N) is 2. The summed E-state index contributed by atoms with van der Waals surface area (Å²) in [7, 11) is 1.49. The smallest absolute Gasteiger partial charge is 0.248 e. The van der Waals surface area contributed by atoms with E-state index in [0.29, 0.717) is 23.6 Å². The zero-order chi connectivity index (χ0) is 23.8. The SMILES string of the molecule is COc1ccc(C=CC(=O)Nc2ccccc2COc2cccc(N3CCNCC3)c2)cc1O. The third kappa shape index (κ3) is 6.08. The van der Waals surface area contributed by atoms with Crippen LogP contribution in [-0.4, -0.2) is 44.3 Å². The molecule has 7 heteroatoms. The maximum atomic E-state index is 12.5. The van der Waals surface area contributed by atoms with E-state index >= 15 is 0 Å². The molecule has 3 aromatic rings. The number of aromatic hydroxyl groups is 1. The Bertz CT molecular complexity index is 1160.